The van der Waals surface area contributed by atoms with Crippen LogP contribution in [-0.4, -0.2) is 29.3 Å². The molecule has 0 aliphatic carbocycles. The molecule has 0 spiro atoms. The van der Waals surface area contributed by atoms with Gasteiger partial charge in [0.15, 0.2) is 0 Å². The third kappa shape index (κ3) is 3.55. The number of benzene rings is 2. The summed E-state index contributed by atoms with van der Waals surface area (Å²) in [6.07, 6.45) is 0. The third-order valence-electron chi connectivity index (χ3n) is 4.54. The molecular formula is C19H16Cl3N3O3. The van der Waals surface area contributed by atoms with Gasteiger partial charge in [0.25, 0.3) is 5.91 Å². The molecule has 6 nitrogen and oxygen atoms in total. The van der Waals surface area contributed by atoms with E-state index in [1.165, 1.54) is 0 Å². The smallest absolute Gasteiger partial charge is 0.322 e. The minimum Gasteiger partial charge on any atom is -0.322 e. The molecule has 1 atom stereocenters. The molecule has 2 aromatic rings. The predicted octanol–water partition coefficient (Wildman–Crippen LogP) is 4.36. The molecule has 9 heteroatoms. The molecule has 2 N–H and O–H groups in total. The lowest BCUT2D eigenvalue weighted by molar-refractivity contribution is -0.133. The van der Waals surface area contributed by atoms with E-state index in [1.54, 1.807) is 50.2 Å². The Morgan fingerprint density at radius 1 is 1.11 bits per heavy atom. The molecule has 0 radical (unpaired) electrons. The van der Waals surface area contributed by atoms with E-state index in [0.717, 1.165) is 10.5 Å². The number of urea groups is 1. The van der Waals surface area contributed by atoms with Gasteiger partial charge in [0.1, 0.15) is 12.1 Å². The average Bonchev–Trinajstić information content (AvgIpc) is 2.86. The van der Waals surface area contributed by atoms with Crippen molar-refractivity contribution in [1.29, 1.82) is 0 Å². The molecule has 4 amide bonds. The molecular weight excluding hydrogens is 425 g/mol. The van der Waals surface area contributed by atoms with E-state index < -0.39 is 29.9 Å². The van der Waals surface area contributed by atoms with Gasteiger partial charge in [-0.15, -0.1) is 0 Å². The highest BCUT2D eigenvalue weighted by molar-refractivity contribution is 6.40. The summed E-state index contributed by atoms with van der Waals surface area (Å²) in [7, 11) is 0. The number of aryl methyl sites for hydroxylation is 1. The van der Waals surface area contributed by atoms with Crippen LogP contribution in [0.1, 0.15) is 18.1 Å². The predicted molar refractivity (Wildman–Crippen MR) is 109 cm³/mol. The van der Waals surface area contributed by atoms with Crippen LogP contribution in [0.5, 0.6) is 0 Å². The van der Waals surface area contributed by atoms with Crippen molar-refractivity contribution < 1.29 is 14.4 Å². The van der Waals surface area contributed by atoms with E-state index in [-0.39, 0.29) is 10.7 Å². The van der Waals surface area contributed by atoms with Crippen molar-refractivity contribution in [2.45, 2.75) is 19.4 Å². The normalized spacial score (nSPS) is 19.0. The lowest BCUT2D eigenvalue weighted by Gasteiger charge is -2.23. The second kappa shape index (κ2) is 7.62. The van der Waals surface area contributed by atoms with Crippen LogP contribution in [0, 0.1) is 6.92 Å². The molecule has 1 heterocycles. The number of rotatable bonds is 4. The zero-order valence-electron chi connectivity index (χ0n) is 15.0. The number of hydrogen-bond acceptors (Lipinski definition) is 3. The van der Waals surface area contributed by atoms with Gasteiger partial charge in [0.2, 0.25) is 5.91 Å². The number of imide groups is 1. The van der Waals surface area contributed by atoms with E-state index in [2.05, 4.69) is 10.6 Å². The molecule has 1 saturated heterocycles. The maximum atomic E-state index is 12.9. The fourth-order valence-electron chi connectivity index (χ4n) is 2.98. The van der Waals surface area contributed by atoms with Gasteiger partial charge >= 0.3 is 6.03 Å². The number of halogens is 3. The summed E-state index contributed by atoms with van der Waals surface area (Å²) in [4.78, 5) is 38.6. The SMILES string of the molecule is Cc1ccc(Cl)c(NC(=O)CN2C(=O)N[C@](C)(c3ccccc3Cl)C2=O)c1Cl. The van der Waals surface area contributed by atoms with Gasteiger partial charge in [-0.25, -0.2) is 4.79 Å². The molecule has 1 fully saturated rings. The zero-order valence-corrected chi connectivity index (χ0v) is 17.2. The standard InChI is InChI=1S/C19H16Cl3N3O3/c1-10-7-8-13(21)16(15(10)22)23-14(26)9-25-17(27)19(2,24-18(25)28)11-5-3-4-6-12(11)20/h3-8H,9H2,1-2H3,(H,23,26)(H,24,28)/t19-/m1/s1. The number of carbonyl (C=O) groups excluding carboxylic acids is 3. The first-order chi connectivity index (χ1) is 13.1. The van der Waals surface area contributed by atoms with Crippen LogP contribution < -0.4 is 10.6 Å². The highest BCUT2D eigenvalue weighted by Crippen LogP contribution is 2.34. The lowest BCUT2D eigenvalue weighted by atomic mass is 9.92. The Bertz CT molecular complexity index is 996. The number of hydrogen-bond donors (Lipinski definition) is 2. The van der Waals surface area contributed by atoms with Crippen LogP contribution in [-0.2, 0) is 15.1 Å². The third-order valence-corrected chi connectivity index (χ3v) is 5.67. The zero-order chi connectivity index (χ0) is 20.6. The fraction of sp³-hybridized carbons (Fsp3) is 0.211. The molecule has 1 aliphatic heterocycles. The van der Waals surface area contributed by atoms with Crippen LogP contribution in [0.25, 0.3) is 0 Å². The largest absolute Gasteiger partial charge is 0.325 e. The van der Waals surface area contributed by atoms with E-state index in [0.29, 0.717) is 15.6 Å². The second-order valence-electron chi connectivity index (χ2n) is 6.53. The van der Waals surface area contributed by atoms with E-state index >= 15 is 0 Å². The van der Waals surface area contributed by atoms with E-state index in [9.17, 15) is 14.4 Å². The van der Waals surface area contributed by atoms with Gasteiger partial charge in [-0.2, -0.15) is 0 Å². The quantitative estimate of drug-likeness (QED) is 0.693. The van der Waals surface area contributed by atoms with Crippen LogP contribution >= 0.6 is 34.8 Å². The number of nitrogens with zero attached hydrogens (tertiary/aromatic N) is 1. The average molecular weight is 441 g/mol. The minimum absolute atomic E-state index is 0.231. The molecule has 0 unspecified atom stereocenters. The number of nitrogens with one attached hydrogen (secondary N) is 2. The molecule has 1 aliphatic rings. The van der Waals surface area contributed by atoms with Crippen LogP contribution in [0.2, 0.25) is 15.1 Å². The lowest BCUT2D eigenvalue weighted by Crippen LogP contribution is -2.42. The second-order valence-corrected chi connectivity index (χ2v) is 7.72. The first kappa shape index (κ1) is 20.5. The summed E-state index contributed by atoms with van der Waals surface area (Å²) in [5.74, 6) is -1.19. The van der Waals surface area contributed by atoms with Crippen LogP contribution in [0.15, 0.2) is 36.4 Å². The Morgan fingerprint density at radius 3 is 2.46 bits per heavy atom. The highest BCUT2D eigenvalue weighted by atomic mass is 35.5. The summed E-state index contributed by atoms with van der Waals surface area (Å²) in [6, 6.07) is 9.33. The van der Waals surface area contributed by atoms with Crippen molar-refractivity contribution >= 4 is 58.3 Å². The van der Waals surface area contributed by atoms with E-state index in [4.69, 9.17) is 34.8 Å². The molecule has 0 saturated carbocycles. The highest BCUT2D eigenvalue weighted by Gasteiger charge is 2.50. The van der Waals surface area contributed by atoms with Gasteiger partial charge < -0.3 is 10.6 Å². The van der Waals surface area contributed by atoms with Gasteiger partial charge in [0, 0.05) is 10.6 Å². The Labute approximate surface area is 176 Å². The van der Waals surface area contributed by atoms with Crippen molar-refractivity contribution in [2.75, 3.05) is 11.9 Å². The van der Waals surface area contributed by atoms with Gasteiger partial charge in [-0.3, -0.25) is 14.5 Å². The topological polar surface area (TPSA) is 78.5 Å². The first-order valence-electron chi connectivity index (χ1n) is 8.28. The van der Waals surface area contributed by atoms with Crippen LogP contribution in [0.3, 0.4) is 0 Å². The molecule has 28 heavy (non-hydrogen) atoms. The number of carbonyl (C=O) groups is 3. The maximum absolute atomic E-state index is 12.9. The molecule has 0 bridgehead atoms. The minimum atomic E-state index is -1.37. The van der Waals surface area contributed by atoms with E-state index in [1.807, 2.05) is 0 Å². The first-order valence-corrected chi connectivity index (χ1v) is 9.42. The Hall–Kier alpha value is -2.28. The Balaban J connectivity index is 1.81. The number of amides is 4. The van der Waals surface area contributed by atoms with Crippen molar-refractivity contribution in [3.63, 3.8) is 0 Å². The Morgan fingerprint density at radius 2 is 1.79 bits per heavy atom. The van der Waals surface area contributed by atoms with Crippen molar-refractivity contribution in [1.82, 2.24) is 10.2 Å². The van der Waals surface area contributed by atoms with Crippen molar-refractivity contribution in [3.8, 4) is 0 Å². The summed E-state index contributed by atoms with van der Waals surface area (Å²) in [6.45, 7) is 2.81. The van der Waals surface area contributed by atoms with Gasteiger partial charge in [-0.05, 0) is 31.5 Å². The molecule has 3 rings (SSSR count). The molecule has 2 aromatic carbocycles. The summed E-state index contributed by atoms with van der Waals surface area (Å²) >= 11 is 18.5. The van der Waals surface area contributed by atoms with Gasteiger partial charge in [0.05, 0.1) is 15.7 Å². The van der Waals surface area contributed by atoms with Crippen molar-refractivity contribution in [2.24, 2.45) is 0 Å². The van der Waals surface area contributed by atoms with Crippen LogP contribution in [0.4, 0.5) is 10.5 Å². The summed E-state index contributed by atoms with van der Waals surface area (Å²) in [5.41, 5.74) is 0.0357. The fourth-order valence-corrected chi connectivity index (χ4v) is 3.77. The summed E-state index contributed by atoms with van der Waals surface area (Å²) < 4.78 is 0. The number of anilines is 1. The monoisotopic (exact) mass is 439 g/mol. The maximum Gasteiger partial charge on any atom is 0.325 e. The van der Waals surface area contributed by atoms with Crippen molar-refractivity contribution in [3.05, 3.63) is 62.6 Å². The molecule has 146 valence electrons. The Kier molecular flexibility index (Phi) is 5.57. The van der Waals surface area contributed by atoms with Gasteiger partial charge in [-0.1, -0.05) is 59.1 Å². The summed E-state index contributed by atoms with van der Waals surface area (Å²) in [5, 5.41) is 6.05. The molecule has 0 aromatic heterocycles.